The number of amides is 1. The van der Waals surface area contributed by atoms with Gasteiger partial charge in [0.25, 0.3) is 0 Å². The molecule has 6 heteroatoms. The Morgan fingerprint density at radius 3 is 3.00 bits per heavy atom. The molecule has 0 fully saturated rings. The summed E-state index contributed by atoms with van der Waals surface area (Å²) in [5, 5.41) is 11.8. The molecule has 2 heterocycles. The molecule has 0 unspecified atom stereocenters. The maximum Gasteiger partial charge on any atom is 0.234 e. The predicted molar refractivity (Wildman–Crippen MR) is 88.2 cm³/mol. The number of benzene rings is 1. The zero-order valence-corrected chi connectivity index (χ0v) is 13.0. The lowest BCUT2D eigenvalue weighted by molar-refractivity contribution is -0.113. The lowest BCUT2D eigenvalue weighted by atomic mass is 10.1. The summed E-state index contributed by atoms with van der Waals surface area (Å²) in [5.41, 5.74) is 2.81. The first-order chi connectivity index (χ1) is 10.8. The minimum absolute atomic E-state index is 0.0501. The van der Waals surface area contributed by atoms with Crippen LogP contribution in [0.5, 0.6) is 0 Å². The Morgan fingerprint density at radius 2 is 2.14 bits per heavy atom. The Morgan fingerprint density at radius 1 is 1.23 bits per heavy atom. The third kappa shape index (κ3) is 3.28. The molecule has 0 spiro atoms. The largest absolute Gasteiger partial charge is 0.325 e. The number of aromatic nitrogens is 3. The molecule has 1 N–H and O–H groups in total. The third-order valence-electron chi connectivity index (χ3n) is 3.23. The van der Waals surface area contributed by atoms with Crippen molar-refractivity contribution in [1.82, 2.24) is 14.6 Å². The van der Waals surface area contributed by atoms with E-state index in [1.807, 2.05) is 53.1 Å². The van der Waals surface area contributed by atoms with E-state index < -0.39 is 0 Å². The highest BCUT2D eigenvalue weighted by atomic mass is 32.2. The first kappa shape index (κ1) is 14.6. The van der Waals surface area contributed by atoms with Gasteiger partial charge in [0.2, 0.25) is 5.91 Å². The molecule has 0 atom stereocenters. The van der Waals surface area contributed by atoms with Crippen molar-refractivity contribution < 1.29 is 4.79 Å². The number of anilines is 1. The summed E-state index contributed by atoms with van der Waals surface area (Å²) < 4.78 is 1.87. The minimum Gasteiger partial charge on any atom is -0.325 e. The second kappa shape index (κ2) is 6.62. The van der Waals surface area contributed by atoms with E-state index in [2.05, 4.69) is 22.4 Å². The van der Waals surface area contributed by atoms with Crippen molar-refractivity contribution in [2.75, 3.05) is 11.1 Å². The third-order valence-corrected chi connectivity index (χ3v) is 4.18. The number of fused-ring (bicyclic) bond motifs is 1. The summed E-state index contributed by atoms with van der Waals surface area (Å²) in [6.07, 6.45) is 2.84. The summed E-state index contributed by atoms with van der Waals surface area (Å²) in [6.45, 7) is 2.09. The standard InChI is InChI=1S/C16H16N4OS/c1-2-12-6-5-7-13(10-12)17-15(21)11-22-16-19-18-14-8-3-4-9-20(14)16/h3-10H,2,11H2,1H3,(H,17,21). The highest BCUT2D eigenvalue weighted by Gasteiger charge is 2.09. The summed E-state index contributed by atoms with van der Waals surface area (Å²) in [5.74, 6) is 0.248. The number of thioether (sulfide) groups is 1. The molecule has 0 saturated carbocycles. The van der Waals surface area contributed by atoms with Crippen molar-refractivity contribution in [2.45, 2.75) is 18.5 Å². The molecular weight excluding hydrogens is 296 g/mol. The molecular formula is C16H16N4OS. The van der Waals surface area contributed by atoms with E-state index >= 15 is 0 Å². The van der Waals surface area contributed by atoms with Gasteiger partial charge in [-0.3, -0.25) is 9.20 Å². The van der Waals surface area contributed by atoms with Crippen LogP contribution in [-0.4, -0.2) is 26.3 Å². The number of carbonyl (C=O) groups is 1. The Kier molecular flexibility index (Phi) is 4.39. The number of hydrogen-bond donors (Lipinski definition) is 1. The molecule has 2 aromatic heterocycles. The fraction of sp³-hybridized carbons (Fsp3) is 0.188. The van der Waals surface area contributed by atoms with Crippen molar-refractivity contribution in [1.29, 1.82) is 0 Å². The van der Waals surface area contributed by atoms with E-state index in [-0.39, 0.29) is 5.91 Å². The monoisotopic (exact) mass is 312 g/mol. The van der Waals surface area contributed by atoms with E-state index in [1.54, 1.807) is 0 Å². The van der Waals surface area contributed by atoms with Crippen molar-refractivity contribution in [3.8, 4) is 0 Å². The number of carbonyl (C=O) groups excluding carboxylic acids is 1. The van der Waals surface area contributed by atoms with Gasteiger partial charge in [-0.05, 0) is 36.2 Å². The maximum absolute atomic E-state index is 12.1. The summed E-state index contributed by atoms with van der Waals surface area (Å²) in [7, 11) is 0. The van der Waals surface area contributed by atoms with Gasteiger partial charge in [-0.25, -0.2) is 0 Å². The molecule has 22 heavy (non-hydrogen) atoms. The van der Waals surface area contributed by atoms with Crippen LogP contribution >= 0.6 is 11.8 Å². The van der Waals surface area contributed by atoms with E-state index in [0.717, 1.165) is 17.8 Å². The topological polar surface area (TPSA) is 59.3 Å². The van der Waals surface area contributed by atoms with Gasteiger partial charge in [-0.15, -0.1) is 10.2 Å². The van der Waals surface area contributed by atoms with Crippen molar-refractivity contribution in [3.05, 3.63) is 54.2 Å². The van der Waals surface area contributed by atoms with Crippen LogP contribution in [0.25, 0.3) is 5.65 Å². The Hall–Kier alpha value is -2.34. The van der Waals surface area contributed by atoms with Crippen molar-refractivity contribution in [2.24, 2.45) is 0 Å². The lowest BCUT2D eigenvalue weighted by Gasteiger charge is -2.06. The van der Waals surface area contributed by atoms with Gasteiger partial charge in [-0.2, -0.15) is 0 Å². The predicted octanol–water partition coefficient (Wildman–Crippen LogP) is 3.02. The Balaban J connectivity index is 1.62. The summed E-state index contributed by atoms with van der Waals surface area (Å²) >= 11 is 1.37. The average molecular weight is 312 g/mol. The van der Waals surface area contributed by atoms with Crippen LogP contribution < -0.4 is 5.32 Å². The number of nitrogens with zero attached hydrogens (tertiary/aromatic N) is 3. The smallest absolute Gasteiger partial charge is 0.234 e. The molecule has 3 rings (SSSR count). The Labute approximate surface area is 132 Å². The molecule has 1 amide bonds. The SMILES string of the molecule is CCc1cccc(NC(=O)CSc2nnc3ccccn23)c1. The van der Waals surface area contributed by atoms with E-state index in [9.17, 15) is 4.79 Å². The molecule has 3 aromatic rings. The molecule has 112 valence electrons. The fourth-order valence-corrected chi connectivity index (χ4v) is 2.84. The van der Waals surface area contributed by atoms with Crippen LogP contribution in [0, 0.1) is 0 Å². The van der Waals surface area contributed by atoms with Gasteiger partial charge >= 0.3 is 0 Å². The summed E-state index contributed by atoms with van der Waals surface area (Å²) in [4.78, 5) is 12.1. The average Bonchev–Trinajstić information content (AvgIpc) is 2.96. The van der Waals surface area contributed by atoms with Gasteiger partial charge in [0.05, 0.1) is 5.75 Å². The van der Waals surface area contributed by atoms with Crippen LogP contribution in [0.1, 0.15) is 12.5 Å². The highest BCUT2D eigenvalue weighted by molar-refractivity contribution is 7.99. The first-order valence-corrected chi connectivity index (χ1v) is 8.06. The maximum atomic E-state index is 12.1. The van der Waals surface area contributed by atoms with E-state index in [1.165, 1.54) is 17.3 Å². The van der Waals surface area contributed by atoms with Crippen LogP contribution in [0.15, 0.2) is 53.8 Å². The molecule has 1 aromatic carbocycles. The van der Waals surface area contributed by atoms with Crippen LogP contribution in [-0.2, 0) is 11.2 Å². The van der Waals surface area contributed by atoms with E-state index in [4.69, 9.17) is 0 Å². The van der Waals surface area contributed by atoms with Gasteiger partial charge in [0, 0.05) is 11.9 Å². The molecule has 0 radical (unpaired) electrons. The van der Waals surface area contributed by atoms with Crippen LogP contribution in [0.4, 0.5) is 5.69 Å². The molecule has 0 aliphatic rings. The second-order valence-electron chi connectivity index (χ2n) is 4.80. The molecule has 0 bridgehead atoms. The van der Waals surface area contributed by atoms with Gasteiger partial charge < -0.3 is 5.32 Å². The number of aryl methyl sites for hydroxylation is 1. The first-order valence-electron chi connectivity index (χ1n) is 7.07. The van der Waals surface area contributed by atoms with Crippen LogP contribution in [0.3, 0.4) is 0 Å². The van der Waals surface area contributed by atoms with E-state index in [0.29, 0.717) is 10.9 Å². The van der Waals surface area contributed by atoms with Gasteiger partial charge in [-0.1, -0.05) is 36.9 Å². The van der Waals surface area contributed by atoms with Crippen molar-refractivity contribution in [3.63, 3.8) is 0 Å². The zero-order chi connectivity index (χ0) is 15.4. The number of pyridine rings is 1. The molecule has 0 aliphatic heterocycles. The van der Waals surface area contributed by atoms with Gasteiger partial charge in [0.1, 0.15) is 0 Å². The number of hydrogen-bond acceptors (Lipinski definition) is 4. The number of nitrogens with one attached hydrogen (secondary N) is 1. The molecule has 0 saturated heterocycles. The minimum atomic E-state index is -0.0501. The summed E-state index contributed by atoms with van der Waals surface area (Å²) in [6, 6.07) is 13.6. The quantitative estimate of drug-likeness (QED) is 0.736. The van der Waals surface area contributed by atoms with Crippen LogP contribution in [0.2, 0.25) is 0 Å². The fourth-order valence-electron chi connectivity index (χ4n) is 2.11. The zero-order valence-electron chi connectivity index (χ0n) is 12.2. The van der Waals surface area contributed by atoms with Crippen molar-refractivity contribution >= 4 is 29.0 Å². The second-order valence-corrected chi connectivity index (χ2v) is 5.74. The van der Waals surface area contributed by atoms with Gasteiger partial charge in [0.15, 0.2) is 10.8 Å². The lowest BCUT2D eigenvalue weighted by Crippen LogP contribution is -2.14. The highest BCUT2D eigenvalue weighted by Crippen LogP contribution is 2.17. The Bertz CT molecular complexity index is 799. The normalized spacial score (nSPS) is 10.8. The molecule has 0 aliphatic carbocycles. The number of rotatable bonds is 5. The molecule has 5 nitrogen and oxygen atoms in total.